The fraction of sp³-hybridized carbons (Fsp3) is 0.381. The number of nitrogens with zero attached hydrogens (tertiary/aromatic N) is 3. The molecule has 158 valence electrons. The Labute approximate surface area is 173 Å². The Morgan fingerprint density at radius 3 is 2.60 bits per heavy atom. The number of carbonyl (C=O) groups excluding carboxylic acids is 1. The van der Waals surface area contributed by atoms with Crippen molar-refractivity contribution in [1.29, 1.82) is 0 Å². The molecule has 0 aliphatic carbocycles. The first-order valence-corrected chi connectivity index (χ1v) is 9.65. The molecule has 1 aliphatic rings. The van der Waals surface area contributed by atoms with E-state index in [2.05, 4.69) is 20.2 Å². The van der Waals surface area contributed by atoms with Gasteiger partial charge in [-0.25, -0.2) is 4.98 Å². The van der Waals surface area contributed by atoms with E-state index in [4.69, 9.17) is 18.6 Å². The van der Waals surface area contributed by atoms with Gasteiger partial charge in [0, 0.05) is 19.2 Å². The van der Waals surface area contributed by atoms with E-state index in [1.54, 1.807) is 32.2 Å². The van der Waals surface area contributed by atoms with Crippen molar-refractivity contribution < 1.29 is 23.4 Å². The van der Waals surface area contributed by atoms with Crippen LogP contribution in [0.4, 0.5) is 11.5 Å². The van der Waals surface area contributed by atoms with Gasteiger partial charge in [-0.05, 0) is 26.0 Å². The number of ether oxygens (including phenoxy) is 3. The molecule has 0 radical (unpaired) electrons. The molecule has 1 N–H and O–H groups in total. The molecule has 1 fully saturated rings. The number of nitrogens with one attached hydrogen (secondary N) is 1. The molecule has 9 nitrogen and oxygen atoms in total. The lowest BCUT2D eigenvalue weighted by Crippen LogP contribution is -2.37. The van der Waals surface area contributed by atoms with Gasteiger partial charge in [0.2, 0.25) is 5.71 Å². The maximum Gasteiger partial charge on any atom is 0.260 e. The summed E-state index contributed by atoms with van der Waals surface area (Å²) in [4.78, 5) is 24.4. The molecule has 1 aromatic carbocycles. The number of hydrogen-bond donors (Lipinski definition) is 1. The fourth-order valence-electron chi connectivity index (χ4n) is 3.56. The molecule has 0 saturated carbocycles. The summed E-state index contributed by atoms with van der Waals surface area (Å²) in [6.07, 6.45) is 0. The zero-order valence-electron chi connectivity index (χ0n) is 17.4. The first-order chi connectivity index (χ1) is 14.5. The fourth-order valence-corrected chi connectivity index (χ4v) is 3.56. The molecule has 2 aromatic heterocycles. The van der Waals surface area contributed by atoms with E-state index >= 15 is 0 Å². The van der Waals surface area contributed by atoms with Crippen molar-refractivity contribution in [1.82, 2.24) is 9.97 Å². The second kappa shape index (κ2) is 8.19. The molecule has 9 heteroatoms. The minimum absolute atomic E-state index is 0.323. The number of furan rings is 1. The highest BCUT2D eigenvalue weighted by Gasteiger charge is 2.27. The molecular weight excluding hydrogens is 388 g/mol. The van der Waals surface area contributed by atoms with E-state index in [1.165, 1.54) is 7.11 Å². The van der Waals surface area contributed by atoms with E-state index in [0.717, 1.165) is 0 Å². The molecule has 4 rings (SSSR count). The zero-order valence-corrected chi connectivity index (χ0v) is 17.4. The lowest BCUT2D eigenvalue weighted by atomic mass is 10.1. The number of anilines is 2. The second-order valence-corrected chi connectivity index (χ2v) is 6.93. The predicted molar refractivity (Wildman–Crippen MR) is 112 cm³/mol. The normalized spacial score (nSPS) is 14.1. The number of morpholine rings is 1. The van der Waals surface area contributed by atoms with E-state index in [9.17, 15) is 4.79 Å². The highest BCUT2D eigenvalue weighted by molar-refractivity contribution is 6.15. The molecule has 3 aromatic rings. The van der Waals surface area contributed by atoms with Crippen molar-refractivity contribution in [3.8, 4) is 11.5 Å². The smallest absolute Gasteiger partial charge is 0.260 e. The third kappa shape index (κ3) is 3.63. The summed E-state index contributed by atoms with van der Waals surface area (Å²) in [7, 11) is 3.11. The Morgan fingerprint density at radius 1 is 1.13 bits per heavy atom. The van der Waals surface area contributed by atoms with Gasteiger partial charge in [0.15, 0.2) is 0 Å². The SMILES string of the molecule is COc1ccc(NC(=O)c2c(C)oc3nc(C)nc(N4CCOCC4)c23)c(OC)c1. The highest BCUT2D eigenvalue weighted by Crippen LogP contribution is 2.34. The molecule has 1 aliphatic heterocycles. The third-order valence-corrected chi connectivity index (χ3v) is 5.01. The zero-order chi connectivity index (χ0) is 21.3. The van der Waals surface area contributed by atoms with E-state index < -0.39 is 0 Å². The van der Waals surface area contributed by atoms with Crippen LogP contribution in [0.25, 0.3) is 11.1 Å². The van der Waals surface area contributed by atoms with Crippen LogP contribution in [0.2, 0.25) is 0 Å². The molecule has 0 atom stereocenters. The molecule has 1 amide bonds. The Hall–Kier alpha value is -3.33. The number of amides is 1. The number of carbonyl (C=O) groups is 1. The summed E-state index contributed by atoms with van der Waals surface area (Å²) in [6, 6.07) is 5.20. The van der Waals surface area contributed by atoms with Gasteiger partial charge in [0.1, 0.15) is 28.9 Å². The lowest BCUT2D eigenvalue weighted by molar-refractivity contribution is 0.102. The van der Waals surface area contributed by atoms with Crippen molar-refractivity contribution in [3.63, 3.8) is 0 Å². The second-order valence-electron chi connectivity index (χ2n) is 6.93. The topological polar surface area (TPSA) is 99.0 Å². The van der Waals surface area contributed by atoms with Crippen molar-refractivity contribution >= 4 is 28.5 Å². The average Bonchev–Trinajstić information content (AvgIpc) is 3.09. The molecule has 1 saturated heterocycles. The van der Waals surface area contributed by atoms with Crippen LogP contribution in [0.3, 0.4) is 0 Å². The molecule has 30 heavy (non-hydrogen) atoms. The van der Waals surface area contributed by atoms with Gasteiger partial charge in [-0.2, -0.15) is 4.98 Å². The molecule has 0 unspecified atom stereocenters. The van der Waals surface area contributed by atoms with Gasteiger partial charge in [-0.3, -0.25) is 4.79 Å². The van der Waals surface area contributed by atoms with Crippen LogP contribution >= 0.6 is 0 Å². The summed E-state index contributed by atoms with van der Waals surface area (Å²) < 4.78 is 21.9. The van der Waals surface area contributed by atoms with Crippen LogP contribution in [-0.2, 0) is 4.74 Å². The maximum absolute atomic E-state index is 13.3. The lowest BCUT2D eigenvalue weighted by Gasteiger charge is -2.28. The third-order valence-electron chi connectivity index (χ3n) is 5.01. The largest absolute Gasteiger partial charge is 0.497 e. The van der Waals surface area contributed by atoms with Crippen LogP contribution in [0.15, 0.2) is 22.6 Å². The number of rotatable bonds is 5. The van der Waals surface area contributed by atoms with E-state index in [-0.39, 0.29) is 5.91 Å². The monoisotopic (exact) mass is 412 g/mol. The van der Waals surface area contributed by atoms with Crippen LogP contribution < -0.4 is 19.7 Å². The van der Waals surface area contributed by atoms with Gasteiger partial charge in [0.05, 0.1) is 44.1 Å². The summed E-state index contributed by atoms with van der Waals surface area (Å²) >= 11 is 0. The maximum atomic E-state index is 13.3. The van der Waals surface area contributed by atoms with Gasteiger partial charge in [0.25, 0.3) is 5.91 Å². The van der Waals surface area contributed by atoms with E-state index in [1.807, 2.05) is 6.92 Å². The van der Waals surface area contributed by atoms with Crippen LogP contribution in [0.5, 0.6) is 11.5 Å². The number of aryl methyl sites for hydroxylation is 2. The molecule has 3 heterocycles. The van der Waals surface area contributed by atoms with Crippen LogP contribution in [-0.4, -0.2) is 56.4 Å². The van der Waals surface area contributed by atoms with E-state index in [0.29, 0.717) is 77.6 Å². The predicted octanol–water partition coefficient (Wildman–Crippen LogP) is 2.95. The summed E-state index contributed by atoms with van der Waals surface area (Å²) in [5.74, 6) is 2.55. The minimum atomic E-state index is -0.323. The van der Waals surface area contributed by atoms with Gasteiger partial charge in [-0.15, -0.1) is 0 Å². The highest BCUT2D eigenvalue weighted by atomic mass is 16.5. The molecule has 0 bridgehead atoms. The van der Waals surface area contributed by atoms with Crippen molar-refractivity contribution in [3.05, 3.63) is 35.3 Å². The minimum Gasteiger partial charge on any atom is -0.497 e. The van der Waals surface area contributed by atoms with Crippen LogP contribution in [0, 0.1) is 13.8 Å². The number of methoxy groups -OCH3 is 2. The van der Waals surface area contributed by atoms with Crippen molar-refractivity contribution in [2.45, 2.75) is 13.8 Å². The van der Waals surface area contributed by atoms with Crippen LogP contribution in [0.1, 0.15) is 21.9 Å². The Kier molecular flexibility index (Phi) is 5.45. The summed E-state index contributed by atoms with van der Waals surface area (Å²) in [5.41, 5.74) is 1.33. The first-order valence-electron chi connectivity index (χ1n) is 9.65. The van der Waals surface area contributed by atoms with Gasteiger partial charge >= 0.3 is 0 Å². The number of fused-ring (bicyclic) bond motifs is 1. The standard InChI is InChI=1S/C21H24N4O5/c1-12-17(20(26)24-15-6-5-14(27-3)11-16(15)28-4)18-19(25-7-9-29-10-8-25)22-13(2)23-21(18)30-12/h5-6,11H,7-10H2,1-4H3,(H,24,26). The van der Waals surface area contributed by atoms with Gasteiger partial charge in [-0.1, -0.05) is 0 Å². The van der Waals surface area contributed by atoms with Crippen molar-refractivity contribution in [2.75, 3.05) is 50.7 Å². The average molecular weight is 412 g/mol. The Morgan fingerprint density at radius 2 is 1.90 bits per heavy atom. The number of hydrogen-bond acceptors (Lipinski definition) is 8. The quantitative estimate of drug-likeness (QED) is 0.683. The van der Waals surface area contributed by atoms with Gasteiger partial charge < -0.3 is 28.8 Å². The number of aromatic nitrogens is 2. The molecule has 0 spiro atoms. The first kappa shape index (κ1) is 20.0. The summed E-state index contributed by atoms with van der Waals surface area (Å²) in [6.45, 7) is 6.13. The Bertz CT molecular complexity index is 1090. The Balaban J connectivity index is 1.77. The molecular formula is C21H24N4O5. The van der Waals surface area contributed by atoms with Crippen molar-refractivity contribution in [2.24, 2.45) is 0 Å². The summed E-state index contributed by atoms with van der Waals surface area (Å²) in [5, 5.41) is 3.52. The number of benzene rings is 1.